The minimum Gasteiger partial charge on any atom is -0.497 e. The van der Waals surface area contributed by atoms with Crippen molar-refractivity contribution in [3.63, 3.8) is 0 Å². The maximum Gasteiger partial charge on any atom is 0.229 e. The molecule has 8 rings (SSSR count). The number of carbonyl (C=O) groups is 2. The van der Waals surface area contributed by atoms with Crippen molar-refractivity contribution in [2.24, 2.45) is 10.8 Å². The summed E-state index contributed by atoms with van der Waals surface area (Å²) in [4.78, 5) is 41.5. The molecule has 376 valence electrons. The monoisotopic (exact) mass is 1050 g/mol. The first-order chi connectivity index (χ1) is 34.6. The molecule has 4 aromatic carbocycles. The number of likely N-dealkylation sites (tertiary alicyclic amines) is 2. The van der Waals surface area contributed by atoms with Gasteiger partial charge in [-0.25, -0.2) is 0 Å². The van der Waals surface area contributed by atoms with Crippen LogP contribution in [0.4, 0.5) is 0 Å². The van der Waals surface area contributed by atoms with Crippen molar-refractivity contribution >= 4 is 58.2 Å². The first kappa shape index (κ1) is 53.8. The Kier molecular flexibility index (Phi) is 17.7. The summed E-state index contributed by atoms with van der Waals surface area (Å²) in [5.41, 5.74) is 4.11. The molecule has 6 aromatic rings. The molecular formula is C58H60Cl4N4O6. The van der Waals surface area contributed by atoms with Gasteiger partial charge >= 0.3 is 0 Å². The highest BCUT2D eigenvalue weighted by molar-refractivity contribution is 6.31. The molecule has 0 N–H and O–H groups in total. The molecule has 72 heavy (non-hydrogen) atoms. The predicted octanol–water partition coefficient (Wildman–Crippen LogP) is 14.5. The zero-order chi connectivity index (χ0) is 51.7. The predicted molar refractivity (Wildman–Crippen MR) is 288 cm³/mol. The van der Waals surface area contributed by atoms with E-state index in [1.54, 1.807) is 40.8 Å². The number of hydrogen-bond acceptors (Lipinski definition) is 8. The fourth-order valence-corrected chi connectivity index (χ4v) is 11.0. The molecule has 2 fully saturated rings. The van der Waals surface area contributed by atoms with Crippen LogP contribution in [0.5, 0.6) is 23.0 Å². The molecular weight excluding hydrogens is 990 g/mol. The van der Waals surface area contributed by atoms with Gasteiger partial charge in [0, 0.05) is 57.5 Å². The van der Waals surface area contributed by atoms with Crippen molar-refractivity contribution in [1.82, 2.24) is 19.8 Å². The Morgan fingerprint density at radius 2 is 0.958 bits per heavy atom. The molecule has 0 aliphatic carbocycles. The average molecular weight is 1050 g/mol. The number of methoxy groups -OCH3 is 4. The molecule has 0 unspecified atom stereocenters. The molecule has 2 aliphatic rings. The molecule has 0 bridgehead atoms. The Morgan fingerprint density at radius 1 is 0.556 bits per heavy atom. The molecule has 4 heterocycles. The van der Waals surface area contributed by atoms with E-state index in [0.29, 0.717) is 81.9 Å². The SMILES string of the molecule is C=CC[C@@]1(C)C[C@H](c2cccc(Cl)c2)[C@@H](c2ccc(Cl)cn2)N(Cc2ccc(OC)cc2OC)C1=O.C=CC[C@]1(C)C[C@H](c2cccc(Cl)c2)[C@@H](c2ccc(Cl)cn2)N(Cc2ccc(OC)cc2OC)C1=O. The van der Waals surface area contributed by atoms with Gasteiger partial charge in [0.25, 0.3) is 0 Å². The van der Waals surface area contributed by atoms with Crippen molar-refractivity contribution in [2.75, 3.05) is 28.4 Å². The maximum absolute atomic E-state index is 14.2. The van der Waals surface area contributed by atoms with E-state index in [1.807, 2.05) is 133 Å². The van der Waals surface area contributed by atoms with Crippen molar-refractivity contribution in [1.29, 1.82) is 0 Å². The minimum absolute atomic E-state index is 0.0419. The van der Waals surface area contributed by atoms with Gasteiger partial charge in [0.15, 0.2) is 0 Å². The number of piperidine rings is 2. The second-order valence-corrected chi connectivity index (χ2v) is 20.5. The van der Waals surface area contributed by atoms with Crippen LogP contribution in [0.3, 0.4) is 0 Å². The van der Waals surface area contributed by atoms with Crippen LogP contribution in [-0.2, 0) is 22.7 Å². The van der Waals surface area contributed by atoms with E-state index in [2.05, 4.69) is 35.3 Å². The summed E-state index contributed by atoms with van der Waals surface area (Å²) in [5, 5.41) is 2.39. The second kappa shape index (κ2) is 23.7. The molecule has 2 aromatic heterocycles. The highest BCUT2D eigenvalue weighted by Gasteiger charge is 2.51. The van der Waals surface area contributed by atoms with Crippen molar-refractivity contribution < 1.29 is 28.5 Å². The molecule has 0 spiro atoms. The van der Waals surface area contributed by atoms with Gasteiger partial charge in [-0.1, -0.05) is 96.7 Å². The number of benzene rings is 4. The van der Waals surface area contributed by atoms with Gasteiger partial charge < -0.3 is 28.7 Å². The first-order valence-corrected chi connectivity index (χ1v) is 25.1. The number of nitrogens with zero attached hydrogens (tertiary/aromatic N) is 4. The molecule has 2 amide bonds. The Balaban J connectivity index is 0.000000211. The number of amides is 2. The lowest BCUT2D eigenvalue weighted by molar-refractivity contribution is -0.152. The zero-order valence-electron chi connectivity index (χ0n) is 41.4. The standard InChI is InChI=1S/2C29H30Cl2N2O3/c2*1-5-13-29(2)16-24(19-7-6-8-21(30)14-19)27(25-12-10-22(31)17-32-25)33(28(29)34)18-20-9-11-23(35-3)15-26(20)36-4/h2*5-12,14-15,17,24,27H,1,13,16,18H2,2-4H3/t24-,27+,29+;24-,27+,29-/m11/s1. The molecule has 2 saturated heterocycles. The second-order valence-electron chi connectivity index (χ2n) is 18.8. The number of hydrogen-bond donors (Lipinski definition) is 0. The number of rotatable bonds is 16. The molecule has 0 saturated carbocycles. The Hall–Kier alpha value is -6.04. The van der Waals surface area contributed by atoms with E-state index in [4.69, 9.17) is 65.4 Å². The van der Waals surface area contributed by atoms with Gasteiger partial charge in [-0.15, -0.1) is 13.2 Å². The average Bonchev–Trinajstić information content (AvgIpc) is 3.38. The summed E-state index contributed by atoms with van der Waals surface area (Å²) in [7, 11) is 6.46. The number of carbonyl (C=O) groups excluding carboxylic acids is 2. The summed E-state index contributed by atoms with van der Waals surface area (Å²) in [6.45, 7) is 12.6. The fraction of sp³-hybridized carbons (Fsp3) is 0.310. The molecule has 14 heteroatoms. The smallest absolute Gasteiger partial charge is 0.229 e. The third-order valence-corrected chi connectivity index (χ3v) is 14.8. The van der Waals surface area contributed by atoms with Crippen molar-refractivity contribution in [2.45, 2.75) is 76.5 Å². The molecule has 2 aliphatic heterocycles. The lowest BCUT2D eigenvalue weighted by Gasteiger charge is -2.49. The number of aromatic nitrogens is 2. The molecule has 6 atom stereocenters. The van der Waals surface area contributed by atoms with Gasteiger partial charge in [0.05, 0.1) is 85.9 Å². The third kappa shape index (κ3) is 11.9. The van der Waals surface area contributed by atoms with E-state index >= 15 is 0 Å². The van der Waals surface area contributed by atoms with Crippen LogP contribution in [0.25, 0.3) is 0 Å². The summed E-state index contributed by atoms with van der Waals surface area (Å²) in [6.07, 6.45) is 9.26. The number of allylic oxidation sites excluding steroid dienone is 2. The highest BCUT2D eigenvalue weighted by atomic mass is 35.5. The summed E-state index contributed by atoms with van der Waals surface area (Å²) < 4.78 is 22.1. The highest BCUT2D eigenvalue weighted by Crippen LogP contribution is 2.53. The lowest BCUT2D eigenvalue weighted by atomic mass is 9.68. The first-order valence-electron chi connectivity index (χ1n) is 23.6. The molecule has 10 nitrogen and oxygen atoms in total. The Bertz CT molecular complexity index is 2690. The van der Waals surface area contributed by atoms with Crippen LogP contribution in [0.1, 0.15) is 97.1 Å². The minimum atomic E-state index is -0.642. The fourth-order valence-electron chi connectivity index (χ4n) is 10.3. The van der Waals surface area contributed by atoms with Gasteiger partial charge in [-0.3, -0.25) is 19.6 Å². The van der Waals surface area contributed by atoms with E-state index < -0.39 is 10.8 Å². The number of ether oxygens (including phenoxy) is 4. The van der Waals surface area contributed by atoms with E-state index in [9.17, 15) is 9.59 Å². The van der Waals surface area contributed by atoms with E-state index in [0.717, 1.165) is 33.6 Å². The summed E-state index contributed by atoms with van der Waals surface area (Å²) in [6, 6.07) is 33.7. The van der Waals surface area contributed by atoms with Gasteiger partial charge in [0.1, 0.15) is 23.0 Å². The zero-order valence-corrected chi connectivity index (χ0v) is 44.4. The van der Waals surface area contributed by atoms with Crippen LogP contribution in [-0.4, -0.2) is 60.0 Å². The maximum atomic E-state index is 14.2. The van der Waals surface area contributed by atoms with Crippen molar-refractivity contribution in [3.05, 3.63) is 201 Å². The Labute approximate surface area is 443 Å². The summed E-state index contributed by atoms with van der Waals surface area (Å²) in [5.74, 6) is 2.66. The van der Waals surface area contributed by atoms with Gasteiger partial charge in [0.2, 0.25) is 11.8 Å². The lowest BCUT2D eigenvalue weighted by Crippen LogP contribution is -2.51. The Morgan fingerprint density at radius 3 is 1.28 bits per heavy atom. The number of halogens is 4. The quantitative estimate of drug-likeness (QED) is 0.0883. The van der Waals surface area contributed by atoms with E-state index in [1.165, 1.54) is 0 Å². The van der Waals surface area contributed by atoms with Crippen LogP contribution >= 0.6 is 46.4 Å². The normalized spacial score (nSPS) is 21.8. The number of pyridine rings is 2. The van der Waals surface area contributed by atoms with Crippen molar-refractivity contribution in [3.8, 4) is 23.0 Å². The van der Waals surface area contributed by atoms with Gasteiger partial charge in [-0.05, 0) is 110 Å². The van der Waals surface area contributed by atoms with Crippen LogP contribution in [0.2, 0.25) is 20.1 Å². The van der Waals surface area contributed by atoms with Crippen LogP contribution < -0.4 is 18.9 Å². The van der Waals surface area contributed by atoms with E-state index in [-0.39, 0.29) is 35.7 Å². The molecule has 0 radical (unpaired) electrons. The van der Waals surface area contributed by atoms with Crippen LogP contribution in [0, 0.1) is 10.8 Å². The topological polar surface area (TPSA) is 103 Å². The third-order valence-electron chi connectivity index (χ3n) is 13.8. The van der Waals surface area contributed by atoms with Crippen LogP contribution in [0.15, 0.2) is 147 Å². The van der Waals surface area contributed by atoms with Gasteiger partial charge in [-0.2, -0.15) is 0 Å². The summed E-state index contributed by atoms with van der Waals surface area (Å²) >= 11 is 25.2. The largest absolute Gasteiger partial charge is 0.497 e.